The molecular formula is C50H78O6. The van der Waals surface area contributed by atoms with Crippen LogP contribution in [-0.4, -0.2) is 33.2 Å². The van der Waals surface area contributed by atoms with Gasteiger partial charge in [0, 0.05) is 12.8 Å². The van der Waals surface area contributed by atoms with Crippen molar-refractivity contribution in [1.29, 1.82) is 0 Å². The molecule has 0 bridgehead atoms. The molecule has 0 aliphatic heterocycles. The number of hydrogen-bond donors (Lipinski definition) is 3. The summed E-state index contributed by atoms with van der Waals surface area (Å²) in [6.45, 7) is 8.33. The molecule has 0 spiro atoms. The molecule has 0 unspecified atom stereocenters. The Morgan fingerprint density at radius 2 is 0.643 bits per heavy atom. The first-order valence-corrected chi connectivity index (χ1v) is 21.1. The monoisotopic (exact) mass is 775 g/mol. The fraction of sp³-hybridized carbons (Fsp3) is 0.500. The van der Waals surface area contributed by atoms with Crippen LogP contribution in [0.3, 0.4) is 0 Å². The van der Waals surface area contributed by atoms with Crippen molar-refractivity contribution in [3.63, 3.8) is 0 Å². The van der Waals surface area contributed by atoms with Gasteiger partial charge in [0.05, 0.1) is 5.92 Å². The van der Waals surface area contributed by atoms with Crippen LogP contribution in [0.2, 0.25) is 0 Å². The van der Waals surface area contributed by atoms with Crippen LogP contribution in [0.5, 0.6) is 0 Å². The molecule has 0 aromatic heterocycles. The fourth-order valence-electron chi connectivity index (χ4n) is 4.67. The topological polar surface area (TPSA) is 112 Å². The molecular weight excluding hydrogens is 697 g/mol. The minimum Gasteiger partial charge on any atom is -0.481 e. The summed E-state index contributed by atoms with van der Waals surface area (Å²) in [6, 6.07) is 0. The van der Waals surface area contributed by atoms with Gasteiger partial charge in [-0.1, -0.05) is 174 Å². The molecule has 0 amide bonds. The molecule has 0 rings (SSSR count). The normalized spacial score (nSPS) is 12.4. The Morgan fingerprint density at radius 3 is 0.893 bits per heavy atom. The van der Waals surface area contributed by atoms with Crippen LogP contribution in [0.1, 0.15) is 156 Å². The van der Waals surface area contributed by atoms with Crippen molar-refractivity contribution in [1.82, 2.24) is 0 Å². The molecule has 0 heterocycles. The van der Waals surface area contributed by atoms with Crippen LogP contribution < -0.4 is 0 Å². The molecule has 0 radical (unpaired) electrons. The van der Waals surface area contributed by atoms with E-state index in [2.05, 4.69) is 135 Å². The molecule has 314 valence electrons. The van der Waals surface area contributed by atoms with Gasteiger partial charge >= 0.3 is 17.9 Å². The average molecular weight is 775 g/mol. The van der Waals surface area contributed by atoms with Crippen molar-refractivity contribution in [3.05, 3.63) is 134 Å². The smallest absolute Gasteiger partial charge is 0.306 e. The van der Waals surface area contributed by atoms with Gasteiger partial charge in [-0.15, -0.1) is 0 Å². The van der Waals surface area contributed by atoms with Gasteiger partial charge in [0.15, 0.2) is 0 Å². The van der Waals surface area contributed by atoms with Crippen molar-refractivity contribution in [3.8, 4) is 0 Å². The van der Waals surface area contributed by atoms with Crippen LogP contribution >= 0.6 is 0 Å². The number of carbonyl (C=O) groups is 3. The Balaban J connectivity index is -0.000000812. The summed E-state index contributed by atoms with van der Waals surface area (Å²) < 4.78 is 0. The maximum Gasteiger partial charge on any atom is 0.306 e. The first-order valence-electron chi connectivity index (χ1n) is 21.1. The second-order valence-corrected chi connectivity index (χ2v) is 13.0. The zero-order valence-electron chi connectivity index (χ0n) is 35.5. The van der Waals surface area contributed by atoms with Crippen LogP contribution in [0.25, 0.3) is 0 Å². The number of carboxylic acid groups (broad SMARTS) is 3. The Kier molecular flexibility index (Phi) is 50.4. The lowest BCUT2D eigenvalue weighted by atomic mass is 9.99. The molecule has 6 heteroatoms. The number of allylic oxidation sites excluding steroid dienone is 22. The molecule has 56 heavy (non-hydrogen) atoms. The molecule has 0 saturated heterocycles. The summed E-state index contributed by atoms with van der Waals surface area (Å²) in [5.74, 6) is -2.19. The Hall–Kier alpha value is -4.45. The molecule has 0 aliphatic carbocycles. The molecule has 6 nitrogen and oxygen atoms in total. The highest BCUT2D eigenvalue weighted by molar-refractivity contribution is 5.69. The number of unbranched alkanes of at least 4 members (excludes halogenated alkanes) is 1. The van der Waals surface area contributed by atoms with Crippen LogP contribution in [0.4, 0.5) is 0 Å². The van der Waals surface area contributed by atoms with E-state index in [4.69, 9.17) is 15.3 Å². The maximum absolute atomic E-state index is 10.5. The standard InChI is InChI=1S/C22H32O2.C20H30O2.C8H16O2/c1-2-3-4-5-6-7-8-9-10-11-12-13-14-15-16-17-18-19-20-21-22(23)24;1-2-3-4-5-6-7-8-9-10-11-12-13-14-15-16-17-18-19-20(21)22;1-3-5-7(6-4-2)8(9)10/h3-4,6-7,9-10,12-13,15-16,18-19H,2,5,8,11,14,17,20-21H2,1H3,(H,23,24);3-4,6-7,9-10,12-13,15-16H,2,5,8,11,14,17-19H2,1H3,(H,21,22);7H,3-6H2,1-2H3,(H,9,10)/b4-3-,7-6-,10-9-,13-12-,16-15-,19-18-;4-3-,7-6-,10-9-,13-12-,16-15-;. The summed E-state index contributed by atoms with van der Waals surface area (Å²) in [5, 5.41) is 25.6. The van der Waals surface area contributed by atoms with Crippen molar-refractivity contribution < 1.29 is 29.7 Å². The maximum atomic E-state index is 10.5. The number of carboxylic acids is 3. The van der Waals surface area contributed by atoms with Gasteiger partial charge in [-0.05, 0) is 103 Å². The van der Waals surface area contributed by atoms with E-state index in [1.54, 1.807) is 0 Å². The predicted octanol–water partition coefficient (Wildman–Crippen LogP) is 14.8. The fourth-order valence-corrected chi connectivity index (χ4v) is 4.67. The first-order chi connectivity index (χ1) is 27.3. The molecule has 0 saturated carbocycles. The number of aliphatic carboxylic acids is 3. The van der Waals surface area contributed by atoms with Gasteiger partial charge in [0.25, 0.3) is 0 Å². The molecule has 0 aromatic rings. The van der Waals surface area contributed by atoms with Crippen LogP contribution in [0, 0.1) is 5.92 Å². The number of hydrogen-bond acceptors (Lipinski definition) is 3. The third kappa shape index (κ3) is 56.3. The summed E-state index contributed by atoms with van der Waals surface area (Å²) in [5.41, 5.74) is 0. The van der Waals surface area contributed by atoms with E-state index < -0.39 is 17.9 Å². The highest BCUT2D eigenvalue weighted by Crippen LogP contribution is 2.12. The zero-order valence-corrected chi connectivity index (χ0v) is 35.5. The number of rotatable bonds is 32. The van der Waals surface area contributed by atoms with Gasteiger partial charge in [-0.3, -0.25) is 14.4 Å². The van der Waals surface area contributed by atoms with Crippen molar-refractivity contribution in [2.75, 3.05) is 0 Å². The molecule has 0 aliphatic rings. The average Bonchev–Trinajstić information content (AvgIpc) is 3.17. The summed E-state index contributed by atoms with van der Waals surface area (Å²) >= 11 is 0. The van der Waals surface area contributed by atoms with Gasteiger partial charge in [0.2, 0.25) is 0 Å². The second kappa shape index (κ2) is 50.5. The van der Waals surface area contributed by atoms with Gasteiger partial charge < -0.3 is 15.3 Å². The van der Waals surface area contributed by atoms with Crippen molar-refractivity contribution >= 4 is 17.9 Å². The third-order valence-corrected chi connectivity index (χ3v) is 7.66. The second-order valence-electron chi connectivity index (χ2n) is 13.0. The van der Waals surface area contributed by atoms with Gasteiger partial charge in [-0.25, -0.2) is 0 Å². The SMILES string of the molecule is CC/C=C\C/C=C\C/C=C\C/C=C\C/C=C\C/C=C\CCC(=O)O.CC/C=C\C/C=C\C/C=C\C/C=C\C/C=C\CCCC(=O)O.CCCC(CCC)C(=O)O. The molecule has 3 N–H and O–H groups in total. The highest BCUT2D eigenvalue weighted by atomic mass is 16.4. The van der Waals surface area contributed by atoms with Gasteiger partial charge in [0.1, 0.15) is 0 Å². The minimum absolute atomic E-state index is 0.102. The van der Waals surface area contributed by atoms with E-state index >= 15 is 0 Å². The predicted molar refractivity (Wildman–Crippen MR) is 242 cm³/mol. The van der Waals surface area contributed by atoms with Gasteiger partial charge in [-0.2, -0.15) is 0 Å². The van der Waals surface area contributed by atoms with E-state index in [1.807, 2.05) is 26.0 Å². The first kappa shape index (κ1) is 55.9. The third-order valence-electron chi connectivity index (χ3n) is 7.66. The summed E-state index contributed by atoms with van der Waals surface area (Å²) in [6.07, 6.45) is 64.5. The lowest BCUT2D eigenvalue weighted by Crippen LogP contribution is -2.12. The summed E-state index contributed by atoms with van der Waals surface area (Å²) in [4.78, 5) is 31.1. The Morgan fingerprint density at radius 1 is 0.375 bits per heavy atom. The van der Waals surface area contributed by atoms with E-state index in [-0.39, 0.29) is 18.8 Å². The van der Waals surface area contributed by atoms with E-state index in [0.29, 0.717) is 6.42 Å². The Bertz CT molecular complexity index is 1230. The van der Waals surface area contributed by atoms with Crippen molar-refractivity contribution in [2.45, 2.75) is 156 Å². The van der Waals surface area contributed by atoms with Crippen LogP contribution in [-0.2, 0) is 14.4 Å². The lowest BCUT2D eigenvalue weighted by molar-refractivity contribution is -0.142. The lowest BCUT2D eigenvalue weighted by Gasteiger charge is -2.07. The zero-order chi connectivity index (χ0) is 42.0. The molecule has 0 atom stereocenters. The van der Waals surface area contributed by atoms with E-state index in [1.165, 1.54) is 0 Å². The molecule has 0 aromatic carbocycles. The van der Waals surface area contributed by atoms with E-state index in [9.17, 15) is 14.4 Å². The Labute approximate surface area is 342 Å². The molecule has 0 fully saturated rings. The quantitative estimate of drug-likeness (QED) is 0.0463. The van der Waals surface area contributed by atoms with Crippen LogP contribution in [0.15, 0.2) is 134 Å². The van der Waals surface area contributed by atoms with E-state index in [0.717, 1.165) is 109 Å². The largest absolute Gasteiger partial charge is 0.481 e. The highest BCUT2D eigenvalue weighted by Gasteiger charge is 2.13. The van der Waals surface area contributed by atoms with Crippen molar-refractivity contribution in [2.24, 2.45) is 5.92 Å². The minimum atomic E-state index is -0.741. The summed E-state index contributed by atoms with van der Waals surface area (Å²) in [7, 11) is 0.